The molecule has 1 aromatic heterocycles. The molecule has 0 saturated carbocycles. The molecule has 0 aliphatic rings. The Balaban J connectivity index is 2.22. The second kappa shape index (κ2) is 5.45. The van der Waals surface area contributed by atoms with E-state index in [0.717, 1.165) is 12.9 Å². The van der Waals surface area contributed by atoms with Gasteiger partial charge in [-0.15, -0.1) is 11.3 Å². The summed E-state index contributed by atoms with van der Waals surface area (Å²) in [4.78, 5) is 17.2. The molecule has 1 aromatic carbocycles. The SMILES string of the molecule is Cc1cnc(NC(=O)c2cc(Br)ccc2I)s1. The minimum atomic E-state index is -0.134. The van der Waals surface area contributed by atoms with Gasteiger partial charge < -0.3 is 0 Å². The van der Waals surface area contributed by atoms with E-state index in [2.05, 4.69) is 48.8 Å². The van der Waals surface area contributed by atoms with Crippen LogP contribution in [0.15, 0.2) is 28.9 Å². The van der Waals surface area contributed by atoms with Crippen LogP contribution in [0.4, 0.5) is 5.13 Å². The first kappa shape index (κ1) is 13.0. The normalized spacial score (nSPS) is 10.3. The molecule has 1 amide bonds. The number of benzene rings is 1. The molecule has 3 nitrogen and oxygen atoms in total. The maximum atomic E-state index is 12.0. The van der Waals surface area contributed by atoms with E-state index in [-0.39, 0.29) is 5.91 Å². The summed E-state index contributed by atoms with van der Waals surface area (Å²) in [6, 6.07) is 5.61. The minimum Gasteiger partial charge on any atom is -0.298 e. The standard InChI is InChI=1S/C11H8BrIN2OS/c1-6-5-14-11(17-6)15-10(16)8-4-7(12)2-3-9(8)13/h2-5H,1H3,(H,14,15,16). The van der Waals surface area contributed by atoms with Crippen molar-refractivity contribution in [2.45, 2.75) is 6.92 Å². The lowest BCUT2D eigenvalue weighted by atomic mass is 10.2. The number of hydrogen-bond acceptors (Lipinski definition) is 3. The molecule has 0 aliphatic carbocycles. The van der Waals surface area contributed by atoms with Crippen LogP contribution in [0.2, 0.25) is 0 Å². The molecule has 2 aromatic rings. The molecule has 6 heteroatoms. The molecule has 1 heterocycles. The first-order valence-electron chi connectivity index (χ1n) is 4.75. The van der Waals surface area contributed by atoms with Crippen LogP contribution in [-0.2, 0) is 0 Å². The molecule has 0 unspecified atom stereocenters. The average molecular weight is 423 g/mol. The van der Waals surface area contributed by atoms with Gasteiger partial charge in [0.05, 0.1) is 5.56 Å². The molecule has 0 radical (unpaired) electrons. The third-order valence-electron chi connectivity index (χ3n) is 2.01. The monoisotopic (exact) mass is 422 g/mol. The topological polar surface area (TPSA) is 42.0 Å². The molecular formula is C11H8BrIN2OS. The molecular weight excluding hydrogens is 415 g/mol. The van der Waals surface area contributed by atoms with Gasteiger partial charge in [0.1, 0.15) is 0 Å². The van der Waals surface area contributed by atoms with Crippen molar-refractivity contribution in [3.05, 3.63) is 42.9 Å². The van der Waals surface area contributed by atoms with Crippen LogP contribution in [0.25, 0.3) is 0 Å². The Labute approximate surface area is 125 Å². The average Bonchev–Trinajstić information content (AvgIpc) is 2.67. The fourth-order valence-corrected chi connectivity index (χ4v) is 2.85. The van der Waals surface area contributed by atoms with E-state index in [1.807, 2.05) is 19.1 Å². The van der Waals surface area contributed by atoms with Crippen molar-refractivity contribution in [1.82, 2.24) is 4.98 Å². The maximum Gasteiger partial charge on any atom is 0.258 e. The zero-order valence-corrected chi connectivity index (χ0v) is 13.4. The van der Waals surface area contributed by atoms with Crippen molar-refractivity contribution < 1.29 is 4.79 Å². The summed E-state index contributed by atoms with van der Waals surface area (Å²) in [5, 5.41) is 3.42. The lowest BCUT2D eigenvalue weighted by Crippen LogP contribution is -2.13. The molecule has 17 heavy (non-hydrogen) atoms. The van der Waals surface area contributed by atoms with Crippen LogP contribution in [-0.4, -0.2) is 10.9 Å². The fraction of sp³-hybridized carbons (Fsp3) is 0.0909. The number of carbonyl (C=O) groups is 1. The van der Waals surface area contributed by atoms with Crippen molar-refractivity contribution >= 4 is 60.9 Å². The lowest BCUT2D eigenvalue weighted by molar-refractivity contribution is 0.102. The summed E-state index contributed by atoms with van der Waals surface area (Å²) in [5.74, 6) is -0.134. The smallest absolute Gasteiger partial charge is 0.258 e. The van der Waals surface area contributed by atoms with Gasteiger partial charge in [-0.25, -0.2) is 4.98 Å². The Morgan fingerprint density at radius 3 is 2.94 bits per heavy atom. The van der Waals surface area contributed by atoms with Crippen molar-refractivity contribution in [2.24, 2.45) is 0 Å². The lowest BCUT2D eigenvalue weighted by Gasteiger charge is -2.04. The van der Waals surface area contributed by atoms with Crippen molar-refractivity contribution in [2.75, 3.05) is 5.32 Å². The third kappa shape index (κ3) is 3.26. The number of anilines is 1. The Bertz CT molecular complexity index is 570. The van der Waals surface area contributed by atoms with Crippen molar-refractivity contribution in [3.63, 3.8) is 0 Å². The molecule has 0 aliphatic heterocycles. The van der Waals surface area contributed by atoms with E-state index in [0.29, 0.717) is 10.7 Å². The van der Waals surface area contributed by atoms with Gasteiger partial charge in [0.25, 0.3) is 5.91 Å². The summed E-state index contributed by atoms with van der Waals surface area (Å²) in [7, 11) is 0. The summed E-state index contributed by atoms with van der Waals surface area (Å²) >= 11 is 6.96. The second-order valence-electron chi connectivity index (χ2n) is 3.35. The quantitative estimate of drug-likeness (QED) is 0.741. The van der Waals surface area contributed by atoms with Gasteiger partial charge in [-0.3, -0.25) is 10.1 Å². The molecule has 0 spiro atoms. The number of carbonyl (C=O) groups excluding carboxylic acids is 1. The Morgan fingerprint density at radius 2 is 2.29 bits per heavy atom. The van der Waals surface area contributed by atoms with Gasteiger partial charge in [0.2, 0.25) is 0 Å². The fourth-order valence-electron chi connectivity index (χ4n) is 1.25. The van der Waals surface area contributed by atoms with Gasteiger partial charge in [-0.2, -0.15) is 0 Å². The number of rotatable bonds is 2. The molecule has 0 bridgehead atoms. The highest BCUT2D eigenvalue weighted by Crippen LogP contribution is 2.21. The highest BCUT2D eigenvalue weighted by atomic mass is 127. The summed E-state index contributed by atoms with van der Waals surface area (Å²) in [5.41, 5.74) is 0.646. The Hall–Kier alpha value is -0.470. The number of hydrogen-bond donors (Lipinski definition) is 1. The van der Waals surface area contributed by atoms with Crippen LogP contribution in [0.3, 0.4) is 0 Å². The minimum absolute atomic E-state index is 0.134. The van der Waals surface area contributed by atoms with Crippen LogP contribution in [0, 0.1) is 10.5 Å². The molecule has 0 atom stereocenters. The number of amides is 1. The number of aromatic nitrogens is 1. The highest BCUT2D eigenvalue weighted by molar-refractivity contribution is 14.1. The molecule has 0 fully saturated rings. The maximum absolute atomic E-state index is 12.0. The molecule has 0 saturated heterocycles. The van der Waals surface area contributed by atoms with E-state index < -0.39 is 0 Å². The first-order valence-corrected chi connectivity index (χ1v) is 7.44. The van der Waals surface area contributed by atoms with E-state index >= 15 is 0 Å². The molecule has 2 rings (SSSR count). The van der Waals surface area contributed by atoms with Gasteiger partial charge in [0, 0.05) is 19.1 Å². The second-order valence-corrected chi connectivity index (χ2v) is 6.67. The van der Waals surface area contributed by atoms with Crippen molar-refractivity contribution in [3.8, 4) is 0 Å². The first-order chi connectivity index (χ1) is 8.06. The zero-order valence-electron chi connectivity index (χ0n) is 8.83. The summed E-state index contributed by atoms with van der Waals surface area (Å²) in [6.07, 6.45) is 1.74. The van der Waals surface area contributed by atoms with Crippen LogP contribution in [0.1, 0.15) is 15.2 Å². The number of aryl methyl sites for hydroxylation is 1. The van der Waals surface area contributed by atoms with E-state index in [1.165, 1.54) is 11.3 Å². The van der Waals surface area contributed by atoms with Crippen LogP contribution < -0.4 is 5.32 Å². The van der Waals surface area contributed by atoms with Crippen molar-refractivity contribution in [1.29, 1.82) is 0 Å². The summed E-state index contributed by atoms with van der Waals surface area (Å²) in [6.45, 7) is 1.95. The summed E-state index contributed by atoms with van der Waals surface area (Å²) < 4.78 is 1.80. The molecule has 1 N–H and O–H groups in total. The Kier molecular flexibility index (Phi) is 4.16. The van der Waals surface area contributed by atoms with Gasteiger partial charge >= 0.3 is 0 Å². The van der Waals surface area contributed by atoms with Gasteiger partial charge in [-0.05, 0) is 47.7 Å². The zero-order chi connectivity index (χ0) is 12.4. The number of halogens is 2. The van der Waals surface area contributed by atoms with E-state index in [4.69, 9.17) is 0 Å². The van der Waals surface area contributed by atoms with Crippen LogP contribution >= 0.6 is 49.9 Å². The van der Waals surface area contributed by atoms with Gasteiger partial charge in [0.15, 0.2) is 5.13 Å². The van der Waals surface area contributed by atoms with Crippen LogP contribution in [0.5, 0.6) is 0 Å². The predicted molar refractivity (Wildman–Crippen MR) is 81.7 cm³/mol. The largest absolute Gasteiger partial charge is 0.298 e. The Morgan fingerprint density at radius 1 is 1.53 bits per heavy atom. The third-order valence-corrected chi connectivity index (χ3v) is 4.28. The molecule has 88 valence electrons. The number of nitrogens with zero attached hydrogens (tertiary/aromatic N) is 1. The number of thiazole rings is 1. The van der Waals surface area contributed by atoms with E-state index in [1.54, 1.807) is 12.3 Å². The van der Waals surface area contributed by atoms with E-state index in [9.17, 15) is 4.79 Å². The highest BCUT2D eigenvalue weighted by Gasteiger charge is 2.12. The number of nitrogens with one attached hydrogen (secondary N) is 1. The van der Waals surface area contributed by atoms with Gasteiger partial charge in [-0.1, -0.05) is 15.9 Å². The predicted octanol–water partition coefficient (Wildman–Crippen LogP) is 4.07.